The lowest BCUT2D eigenvalue weighted by atomic mass is 9.85. The van der Waals surface area contributed by atoms with Gasteiger partial charge in [-0.15, -0.1) is 0 Å². The van der Waals surface area contributed by atoms with Crippen LogP contribution < -0.4 is 25.4 Å². The number of aromatic nitrogens is 6. The van der Waals surface area contributed by atoms with Gasteiger partial charge in [-0.2, -0.15) is 10.5 Å². The van der Waals surface area contributed by atoms with Gasteiger partial charge in [0.2, 0.25) is 0 Å². The highest BCUT2D eigenvalue weighted by atomic mass is 16.2. The normalized spacial score (nSPS) is 20.1. The summed E-state index contributed by atoms with van der Waals surface area (Å²) >= 11 is 0. The van der Waals surface area contributed by atoms with Gasteiger partial charge in [-0.05, 0) is 43.0 Å². The maximum Gasteiger partial charge on any atom is 0.348 e. The molecular formula is C37H38N12O. The van der Waals surface area contributed by atoms with Gasteiger partial charge in [0, 0.05) is 55.7 Å². The molecule has 2 aliphatic heterocycles. The number of hydrogen-bond acceptors (Lipinski definition) is 10. The van der Waals surface area contributed by atoms with Gasteiger partial charge in [-0.25, -0.2) is 24.4 Å². The molecule has 0 aromatic carbocycles. The Morgan fingerprint density at radius 2 is 1.50 bits per heavy atom. The maximum absolute atomic E-state index is 14.8. The lowest BCUT2D eigenvalue weighted by molar-refractivity contribution is 0.256. The Hall–Kier alpha value is -6.08. The van der Waals surface area contributed by atoms with Gasteiger partial charge in [0.25, 0.3) is 0 Å². The molecule has 0 radical (unpaired) electrons. The molecule has 3 fully saturated rings. The number of nitriles is 2. The predicted molar refractivity (Wildman–Crippen MR) is 194 cm³/mol. The summed E-state index contributed by atoms with van der Waals surface area (Å²) in [6.07, 6.45) is 11.3. The minimum Gasteiger partial charge on any atom is -0.362 e. The van der Waals surface area contributed by atoms with Crippen molar-refractivity contribution in [1.82, 2.24) is 29.2 Å². The summed E-state index contributed by atoms with van der Waals surface area (Å²) < 4.78 is 3.88. The summed E-state index contributed by atoms with van der Waals surface area (Å²) in [4.78, 5) is 38.5. The van der Waals surface area contributed by atoms with Crippen LogP contribution in [0.3, 0.4) is 0 Å². The summed E-state index contributed by atoms with van der Waals surface area (Å²) in [6.45, 7) is 14.6. The molecule has 1 aliphatic carbocycles. The molecule has 252 valence electrons. The third-order valence-electron chi connectivity index (χ3n) is 10.5. The fourth-order valence-corrected chi connectivity index (χ4v) is 7.93. The van der Waals surface area contributed by atoms with Crippen LogP contribution in [0.5, 0.6) is 0 Å². The van der Waals surface area contributed by atoms with Crippen molar-refractivity contribution in [2.75, 3.05) is 59.0 Å². The first-order valence-electron chi connectivity index (χ1n) is 17.1. The summed E-state index contributed by atoms with van der Waals surface area (Å²) in [5, 5.41) is 21.4. The first-order valence-corrected chi connectivity index (χ1v) is 17.1. The minimum absolute atomic E-state index is 0.0564. The second kappa shape index (κ2) is 12.4. The predicted octanol–water partition coefficient (Wildman–Crippen LogP) is 4.78. The number of nitrogens with zero attached hydrogens (tertiary/aromatic N) is 11. The molecule has 0 unspecified atom stereocenters. The Bertz CT molecular complexity index is 2270. The van der Waals surface area contributed by atoms with Crippen LogP contribution in [0.1, 0.15) is 49.8 Å². The molecule has 3 aliphatic rings. The molecule has 50 heavy (non-hydrogen) atoms. The number of hydrogen-bond donors (Lipinski definition) is 1. The van der Waals surface area contributed by atoms with Crippen LogP contribution in [0.15, 0.2) is 78.4 Å². The van der Waals surface area contributed by atoms with E-state index >= 15 is 0 Å². The quantitative estimate of drug-likeness (QED) is 0.279. The van der Waals surface area contributed by atoms with Crippen LogP contribution in [0.4, 0.5) is 17.3 Å². The summed E-state index contributed by atoms with van der Waals surface area (Å²) in [5.41, 5.74) is 6.09. The van der Waals surface area contributed by atoms with Crippen molar-refractivity contribution < 1.29 is 0 Å². The second-order valence-corrected chi connectivity index (χ2v) is 13.5. The number of pyridine rings is 3. The number of H-pyrrole nitrogens is 1. The Balaban J connectivity index is 1.18. The van der Waals surface area contributed by atoms with E-state index in [1.807, 2.05) is 34.1 Å². The average Bonchev–Trinajstić information content (AvgIpc) is 3.70. The third-order valence-corrected chi connectivity index (χ3v) is 10.5. The van der Waals surface area contributed by atoms with Gasteiger partial charge < -0.3 is 24.7 Å². The van der Waals surface area contributed by atoms with Gasteiger partial charge in [-0.1, -0.05) is 32.9 Å². The van der Waals surface area contributed by atoms with Gasteiger partial charge >= 0.3 is 5.69 Å². The molecule has 0 bridgehead atoms. The van der Waals surface area contributed by atoms with Gasteiger partial charge in [-0.3, -0.25) is 4.57 Å². The smallest absolute Gasteiger partial charge is 0.348 e. The lowest BCUT2D eigenvalue weighted by Gasteiger charge is -2.38. The molecule has 2 atom stereocenters. The summed E-state index contributed by atoms with van der Waals surface area (Å²) in [6, 6.07) is 11.6. The number of fused-ring (bicyclic) bond motifs is 3. The number of piperazine rings is 2. The summed E-state index contributed by atoms with van der Waals surface area (Å²) in [7, 11) is 0. The number of anilines is 3. The molecule has 0 spiro atoms. The van der Waals surface area contributed by atoms with E-state index in [1.165, 1.54) is 6.42 Å². The number of aromatic amines is 1. The Morgan fingerprint density at radius 1 is 0.840 bits per heavy atom. The zero-order valence-corrected chi connectivity index (χ0v) is 28.1. The highest BCUT2D eigenvalue weighted by molar-refractivity contribution is 6.09. The van der Waals surface area contributed by atoms with Crippen molar-refractivity contribution in [1.29, 1.82) is 10.5 Å². The standard InChI is InChI=1S/C37H38N12O/c1-24-6-4-5-7-29(24)48-35-31(49(37(48)50)45-13-15-47(26(3)23-45)33-11-9-28(17-39)19-41-33)21-43-36-34(35)30(20-42-36)44-12-14-46(25(2)22-44)32-10-8-27(16-38)18-40-32/h8-11,18-21,24,29H,2-7,12-15,22-23H2,1H3,(H,42,43)/t24-,29+/m1/s1. The molecular weight excluding hydrogens is 628 g/mol. The largest absolute Gasteiger partial charge is 0.362 e. The first kappa shape index (κ1) is 31.2. The van der Waals surface area contributed by atoms with E-state index in [4.69, 9.17) is 4.98 Å². The van der Waals surface area contributed by atoms with Crippen molar-refractivity contribution in [3.63, 3.8) is 0 Å². The first-order chi connectivity index (χ1) is 24.4. The van der Waals surface area contributed by atoms with Crippen LogP contribution in [-0.4, -0.2) is 68.4 Å². The number of nitrogens with one attached hydrogen (secondary N) is 1. The van der Waals surface area contributed by atoms with E-state index < -0.39 is 0 Å². The van der Waals surface area contributed by atoms with Gasteiger partial charge in [0.1, 0.15) is 34.9 Å². The van der Waals surface area contributed by atoms with Crippen molar-refractivity contribution in [2.45, 2.75) is 38.6 Å². The van der Waals surface area contributed by atoms with E-state index in [0.717, 1.165) is 70.0 Å². The fraction of sp³-hybridized carbons (Fsp3) is 0.351. The van der Waals surface area contributed by atoms with Crippen LogP contribution in [-0.2, 0) is 0 Å². The Morgan fingerprint density at radius 3 is 2.10 bits per heavy atom. The highest BCUT2D eigenvalue weighted by Crippen LogP contribution is 2.40. The zero-order chi connectivity index (χ0) is 34.5. The maximum atomic E-state index is 14.8. The average molecular weight is 667 g/mol. The van der Waals surface area contributed by atoms with Crippen molar-refractivity contribution in [3.8, 4) is 12.1 Å². The highest BCUT2D eigenvalue weighted by Gasteiger charge is 2.34. The zero-order valence-electron chi connectivity index (χ0n) is 28.1. The summed E-state index contributed by atoms with van der Waals surface area (Å²) in [5.74, 6) is 1.85. The minimum atomic E-state index is -0.0564. The van der Waals surface area contributed by atoms with Crippen LogP contribution in [0.25, 0.3) is 22.1 Å². The number of imidazole rings is 1. The monoisotopic (exact) mass is 666 g/mol. The molecule has 0 amide bonds. The van der Waals surface area contributed by atoms with Crippen molar-refractivity contribution >= 4 is 39.4 Å². The third kappa shape index (κ3) is 5.13. The molecule has 8 rings (SSSR count). The van der Waals surface area contributed by atoms with E-state index in [9.17, 15) is 15.3 Å². The van der Waals surface area contributed by atoms with E-state index in [0.29, 0.717) is 56.3 Å². The molecule has 5 aromatic heterocycles. The van der Waals surface area contributed by atoms with Gasteiger partial charge in [0.15, 0.2) is 0 Å². The van der Waals surface area contributed by atoms with Crippen molar-refractivity contribution in [3.05, 3.63) is 95.2 Å². The van der Waals surface area contributed by atoms with Crippen LogP contribution >= 0.6 is 0 Å². The fourth-order valence-electron chi connectivity index (χ4n) is 7.93. The molecule has 2 saturated heterocycles. The molecule has 1 saturated carbocycles. The molecule has 5 aromatic rings. The van der Waals surface area contributed by atoms with Gasteiger partial charge in [0.05, 0.1) is 53.5 Å². The Kier molecular flexibility index (Phi) is 7.75. The number of rotatable bonds is 5. The molecule has 1 N–H and O–H groups in total. The van der Waals surface area contributed by atoms with Crippen molar-refractivity contribution in [2.24, 2.45) is 5.92 Å². The molecule has 13 nitrogen and oxygen atoms in total. The second-order valence-electron chi connectivity index (χ2n) is 13.5. The molecule has 7 heterocycles. The lowest BCUT2D eigenvalue weighted by Crippen LogP contribution is -2.53. The molecule has 13 heteroatoms. The van der Waals surface area contributed by atoms with Crippen LogP contribution in [0, 0.1) is 28.6 Å². The van der Waals surface area contributed by atoms with E-state index in [-0.39, 0.29) is 11.7 Å². The van der Waals surface area contributed by atoms with E-state index in [1.54, 1.807) is 24.5 Å². The van der Waals surface area contributed by atoms with E-state index in [2.05, 4.69) is 66.5 Å². The SMILES string of the molecule is C=C1CN(c2c[nH]c3ncc4c(c23)n([C@H]2CCCC[C@H]2C)c(=O)n4N2CCN(c3ccc(C#N)cn3)C(=C)C2)CCN1c1ccc(C#N)cn1. The topological polar surface area (TPSA) is 142 Å². The Labute approximate surface area is 289 Å². The van der Waals surface area contributed by atoms with Crippen LogP contribution in [0.2, 0.25) is 0 Å².